The Balaban J connectivity index is 2.49. The molecule has 0 aliphatic heterocycles. The predicted molar refractivity (Wildman–Crippen MR) is 57.2 cm³/mol. The highest BCUT2D eigenvalue weighted by molar-refractivity contribution is 5.70. The van der Waals surface area contributed by atoms with Gasteiger partial charge in [0.15, 0.2) is 0 Å². The zero-order valence-electron chi connectivity index (χ0n) is 9.01. The van der Waals surface area contributed by atoms with Crippen molar-refractivity contribution in [3.05, 3.63) is 35.9 Å². The van der Waals surface area contributed by atoms with Crippen LogP contribution >= 0.6 is 0 Å². The van der Waals surface area contributed by atoms with Gasteiger partial charge in [0.2, 0.25) is 0 Å². The molecule has 1 aromatic carbocycles. The molecule has 3 heteroatoms. The average Bonchev–Trinajstić information content (AvgIpc) is 2.17. The highest BCUT2D eigenvalue weighted by atomic mass is 16.5. The Bertz CT molecular complexity index is 306. The van der Waals surface area contributed by atoms with Crippen molar-refractivity contribution in [2.45, 2.75) is 32.5 Å². The molecule has 0 aliphatic carbocycles. The van der Waals surface area contributed by atoms with Gasteiger partial charge in [0.05, 0.1) is 18.6 Å². The van der Waals surface area contributed by atoms with E-state index in [-0.39, 0.29) is 18.5 Å². The Hall–Kier alpha value is -1.35. The molecule has 82 valence electrons. The summed E-state index contributed by atoms with van der Waals surface area (Å²) in [6.45, 7) is 3.57. The molecule has 0 aliphatic rings. The van der Waals surface area contributed by atoms with Crippen LogP contribution in [0.4, 0.5) is 0 Å². The summed E-state index contributed by atoms with van der Waals surface area (Å²) in [6, 6.07) is 9.09. The Morgan fingerprint density at radius 1 is 1.33 bits per heavy atom. The molecule has 1 atom stereocenters. The first-order chi connectivity index (χ1) is 7.09. The van der Waals surface area contributed by atoms with Crippen molar-refractivity contribution in [1.82, 2.24) is 0 Å². The summed E-state index contributed by atoms with van der Waals surface area (Å²) in [7, 11) is 0. The number of hydrogen-bond donors (Lipinski definition) is 1. The summed E-state index contributed by atoms with van der Waals surface area (Å²) in [4.78, 5) is 11.3. The van der Waals surface area contributed by atoms with Crippen LogP contribution in [0.25, 0.3) is 0 Å². The maximum Gasteiger partial charge on any atom is 0.309 e. The summed E-state index contributed by atoms with van der Waals surface area (Å²) in [5, 5.41) is 9.70. The number of aliphatic hydroxyl groups excluding tert-OH is 1. The second kappa shape index (κ2) is 5.51. The third-order valence-electron chi connectivity index (χ3n) is 1.91. The molecule has 15 heavy (non-hydrogen) atoms. The molecule has 0 spiro atoms. The molecule has 1 aromatic rings. The van der Waals surface area contributed by atoms with Crippen LogP contribution in [0.2, 0.25) is 0 Å². The molecule has 0 bridgehead atoms. The van der Waals surface area contributed by atoms with Gasteiger partial charge in [-0.3, -0.25) is 4.79 Å². The van der Waals surface area contributed by atoms with Crippen LogP contribution in [0.3, 0.4) is 0 Å². The van der Waals surface area contributed by atoms with Crippen LogP contribution in [0.1, 0.15) is 31.9 Å². The standard InChI is InChI=1S/C12H16O3/c1-9(2)15-12(14)8-11(13)10-6-4-3-5-7-10/h3-7,9,11,13H,8H2,1-2H3. The van der Waals surface area contributed by atoms with Gasteiger partial charge in [-0.1, -0.05) is 30.3 Å². The van der Waals surface area contributed by atoms with Gasteiger partial charge in [0.25, 0.3) is 0 Å². The maximum atomic E-state index is 11.3. The molecule has 0 saturated heterocycles. The molecule has 3 nitrogen and oxygen atoms in total. The largest absolute Gasteiger partial charge is 0.463 e. The van der Waals surface area contributed by atoms with Crippen molar-refractivity contribution in [3.63, 3.8) is 0 Å². The zero-order valence-corrected chi connectivity index (χ0v) is 9.01. The van der Waals surface area contributed by atoms with Gasteiger partial charge in [-0.25, -0.2) is 0 Å². The quantitative estimate of drug-likeness (QED) is 0.770. The Morgan fingerprint density at radius 2 is 1.93 bits per heavy atom. The molecule has 0 saturated carbocycles. The van der Waals surface area contributed by atoms with Gasteiger partial charge in [0, 0.05) is 0 Å². The smallest absolute Gasteiger partial charge is 0.309 e. The van der Waals surface area contributed by atoms with Crippen molar-refractivity contribution in [2.24, 2.45) is 0 Å². The van der Waals surface area contributed by atoms with Crippen LogP contribution in [0, 0.1) is 0 Å². The zero-order chi connectivity index (χ0) is 11.3. The lowest BCUT2D eigenvalue weighted by Crippen LogP contribution is -2.14. The van der Waals surface area contributed by atoms with Gasteiger partial charge >= 0.3 is 5.97 Å². The number of benzene rings is 1. The number of hydrogen-bond acceptors (Lipinski definition) is 3. The van der Waals surface area contributed by atoms with E-state index >= 15 is 0 Å². The minimum Gasteiger partial charge on any atom is -0.463 e. The van der Waals surface area contributed by atoms with Gasteiger partial charge < -0.3 is 9.84 Å². The summed E-state index contributed by atoms with van der Waals surface area (Å²) in [5.74, 6) is -0.374. The van der Waals surface area contributed by atoms with Crippen LogP contribution in [-0.2, 0) is 9.53 Å². The lowest BCUT2D eigenvalue weighted by Gasteiger charge is -2.12. The fourth-order valence-electron chi connectivity index (χ4n) is 1.26. The third-order valence-corrected chi connectivity index (χ3v) is 1.91. The first-order valence-electron chi connectivity index (χ1n) is 5.02. The van der Waals surface area contributed by atoms with E-state index < -0.39 is 6.10 Å². The molecular formula is C12H16O3. The summed E-state index contributed by atoms with van der Waals surface area (Å²) < 4.78 is 4.94. The second-order valence-electron chi connectivity index (χ2n) is 3.67. The average molecular weight is 208 g/mol. The maximum absolute atomic E-state index is 11.3. The summed E-state index contributed by atoms with van der Waals surface area (Å²) in [6.07, 6.45) is -0.916. The summed E-state index contributed by atoms with van der Waals surface area (Å²) >= 11 is 0. The number of carbonyl (C=O) groups is 1. The van der Waals surface area contributed by atoms with E-state index in [0.717, 1.165) is 5.56 Å². The van der Waals surface area contributed by atoms with E-state index in [4.69, 9.17) is 4.74 Å². The van der Waals surface area contributed by atoms with E-state index in [0.29, 0.717) is 0 Å². The lowest BCUT2D eigenvalue weighted by molar-refractivity contribution is -0.149. The molecule has 1 rings (SSSR count). The van der Waals surface area contributed by atoms with Crippen molar-refractivity contribution in [1.29, 1.82) is 0 Å². The highest BCUT2D eigenvalue weighted by Crippen LogP contribution is 2.16. The minimum atomic E-state index is -0.780. The minimum absolute atomic E-state index is 0.00218. The fraction of sp³-hybridized carbons (Fsp3) is 0.417. The van der Waals surface area contributed by atoms with Crippen molar-refractivity contribution >= 4 is 5.97 Å². The number of carbonyl (C=O) groups excluding carboxylic acids is 1. The number of aliphatic hydroxyl groups is 1. The fourth-order valence-corrected chi connectivity index (χ4v) is 1.26. The predicted octanol–water partition coefficient (Wildman–Crippen LogP) is 2.06. The van der Waals surface area contributed by atoms with E-state index in [1.165, 1.54) is 0 Å². The van der Waals surface area contributed by atoms with Gasteiger partial charge in [-0.2, -0.15) is 0 Å². The van der Waals surface area contributed by atoms with Gasteiger partial charge in [0.1, 0.15) is 0 Å². The van der Waals surface area contributed by atoms with E-state index in [1.807, 2.05) is 18.2 Å². The van der Waals surface area contributed by atoms with Crippen LogP contribution in [0.5, 0.6) is 0 Å². The Morgan fingerprint density at radius 3 is 2.47 bits per heavy atom. The molecule has 1 N–H and O–H groups in total. The first kappa shape index (κ1) is 11.7. The SMILES string of the molecule is CC(C)OC(=O)CC(O)c1ccccc1. The Labute approximate surface area is 89.7 Å². The normalized spacial score (nSPS) is 12.5. The van der Waals surface area contributed by atoms with Crippen molar-refractivity contribution < 1.29 is 14.6 Å². The molecule has 1 unspecified atom stereocenters. The van der Waals surface area contributed by atoms with E-state index in [2.05, 4.69) is 0 Å². The first-order valence-corrected chi connectivity index (χ1v) is 5.02. The molecule has 0 aromatic heterocycles. The van der Waals surface area contributed by atoms with Crippen LogP contribution in [0.15, 0.2) is 30.3 Å². The molecule has 0 fully saturated rings. The molecule has 0 heterocycles. The number of rotatable bonds is 4. The highest BCUT2D eigenvalue weighted by Gasteiger charge is 2.14. The van der Waals surface area contributed by atoms with Gasteiger partial charge in [-0.15, -0.1) is 0 Å². The van der Waals surface area contributed by atoms with E-state index in [1.54, 1.807) is 26.0 Å². The summed E-state index contributed by atoms with van der Waals surface area (Å²) in [5.41, 5.74) is 0.734. The Kier molecular flexibility index (Phi) is 4.31. The van der Waals surface area contributed by atoms with E-state index in [9.17, 15) is 9.90 Å². The number of esters is 1. The molecule has 0 amide bonds. The lowest BCUT2D eigenvalue weighted by atomic mass is 10.1. The van der Waals surface area contributed by atoms with Crippen LogP contribution < -0.4 is 0 Å². The molecular weight excluding hydrogens is 192 g/mol. The topological polar surface area (TPSA) is 46.5 Å². The second-order valence-corrected chi connectivity index (χ2v) is 3.67. The van der Waals surface area contributed by atoms with Crippen molar-refractivity contribution in [3.8, 4) is 0 Å². The third kappa shape index (κ3) is 4.13. The van der Waals surface area contributed by atoms with Crippen molar-refractivity contribution in [2.75, 3.05) is 0 Å². The van der Waals surface area contributed by atoms with Gasteiger partial charge in [-0.05, 0) is 19.4 Å². The molecule has 0 radical (unpaired) electrons. The van der Waals surface area contributed by atoms with Crippen LogP contribution in [-0.4, -0.2) is 17.2 Å². The number of ether oxygens (including phenoxy) is 1. The monoisotopic (exact) mass is 208 g/mol.